The van der Waals surface area contributed by atoms with Crippen molar-refractivity contribution < 1.29 is 4.79 Å². The largest absolute Gasteiger partial charge is 0.349 e. The highest BCUT2D eigenvalue weighted by Crippen LogP contribution is 2.20. The predicted octanol–water partition coefficient (Wildman–Crippen LogP) is 3.02. The minimum absolute atomic E-state index is 0.115. The van der Waals surface area contributed by atoms with Gasteiger partial charge in [-0.1, -0.05) is 18.2 Å². The van der Waals surface area contributed by atoms with Crippen molar-refractivity contribution in [2.45, 2.75) is 19.9 Å². The maximum atomic E-state index is 11.7. The van der Waals surface area contributed by atoms with Crippen LogP contribution in [0.3, 0.4) is 0 Å². The van der Waals surface area contributed by atoms with Crippen LogP contribution < -0.4 is 10.6 Å². The van der Waals surface area contributed by atoms with Crippen LogP contribution >= 0.6 is 11.3 Å². The SMILES string of the molecule is CC(C)NC(=O)c1csc(Nc2ccccc2)n1. The highest BCUT2D eigenvalue weighted by atomic mass is 32.1. The summed E-state index contributed by atoms with van der Waals surface area (Å²) in [6, 6.07) is 9.87. The summed E-state index contributed by atoms with van der Waals surface area (Å²) in [6.07, 6.45) is 0. The lowest BCUT2D eigenvalue weighted by molar-refractivity contribution is 0.0939. The topological polar surface area (TPSA) is 54.0 Å². The van der Waals surface area contributed by atoms with Crippen LogP contribution in [-0.4, -0.2) is 16.9 Å². The van der Waals surface area contributed by atoms with Crippen molar-refractivity contribution >= 4 is 28.1 Å². The molecule has 4 nitrogen and oxygen atoms in total. The molecule has 1 amide bonds. The molecular weight excluding hydrogens is 246 g/mol. The van der Waals surface area contributed by atoms with Gasteiger partial charge in [0.05, 0.1) is 0 Å². The molecule has 0 aliphatic heterocycles. The van der Waals surface area contributed by atoms with E-state index >= 15 is 0 Å². The first-order valence-corrected chi connectivity index (χ1v) is 6.61. The lowest BCUT2D eigenvalue weighted by Gasteiger charge is -2.05. The molecule has 0 saturated heterocycles. The first-order chi connectivity index (χ1) is 8.65. The highest BCUT2D eigenvalue weighted by Gasteiger charge is 2.11. The number of hydrogen-bond donors (Lipinski definition) is 2. The molecule has 2 N–H and O–H groups in total. The third-order valence-corrected chi connectivity index (χ3v) is 2.94. The number of rotatable bonds is 4. The van der Waals surface area contributed by atoms with Crippen LogP contribution in [0.2, 0.25) is 0 Å². The molecular formula is C13H15N3OS. The summed E-state index contributed by atoms with van der Waals surface area (Å²) < 4.78 is 0. The standard InChI is InChI=1S/C13H15N3OS/c1-9(2)14-12(17)11-8-18-13(16-11)15-10-6-4-3-5-7-10/h3-9H,1-2H3,(H,14,17)(H,15,16). The van der Waals surface area contributed by atoms with Crippen molar-refractivity contribution in [2.24, 2.45) is 0 Å². The van der Waals surface area contributed by atoms with E-state index in [1.54, 1.807) is 5.38 Å². The van der Waals surface area contributed by atoms with Crippen LogP contribution in [0.4, 0.5) is 10.8 Å². The van der Waals surface area contributed by atoms with Crippen LogP contribution in [-0.2, 0) is 0 Å². The fourth-order valence-electron chi connectivity index (χ4n) is 1.42. The Morgan fingerprint density at radius 2 is 2.00 bits per heavy atom. The smallest absolute Gasteiger partial charge is 0.271 e. The molecule has 0 unspecified atom stereocenters. The minimum atomic E-state index is -0.137. The number of carbonyl (C=O) groups excluding carboxylic acids is 1. The Morgan fingerprint density at radius 3 is 2.67 bits per heavy atom. The molecule has 1 heterocycles. The summed E-state index contributed by atoms with van der Waals surface area (Å²) in [4.78, 5) is 16.0. The molecule has 18 heavy (non-hydrogen) atoms. The fourth-order valence-corrected chi connectivity index (χ4v) is 2.13. The number of amides is 1. The Balaban J connectivity index is 2.04. The Morgan fingerprint density at radius 1 is 1.28 bits per heavy atom. The average molecular weight is 261 g/mol. The number of anilines is 2. The van der Waals surface area contributed by atoms with Gasteiger partial charge >= 0.3 is 0 Å². The van der Waals surface area contributed by atoms with E-state index in [9.17, 15) is 4.79 Å². The molecule has 0 fully saturated rings. The lowest BCUT2D eigenvalue weighted by Crippen LogP contribution is -2.30. The number of hydrogen-bond acceptors (Lipinski definition) is 4. The first-order valence-electron chi connectivity index (χ1n) is 5.73. The van der Waals surface area contributed by atoms with Gasteiger partial charge in [0.1, 0.15) is 5.69 Å². The van der Waals surface area contributed by atoms with Gasteiger partial charge in [-0.25, -0.2) is 4.98 Å². The Hall–Kier alpha value is -1.88. The second kappa shape index (κ2) is 5.64. The summed E-state index contributed by atoms with van der Waals surface area (Å²) in [5.41, 5.74) is 1.41. The summed E-state index contributed by atoms with van der Waals surface area (Å²) in [5, 5.41) is 8.44. The normalized spacial score (nSPS) is 10.4. The molecule has 94 valence electrons. The molecule has 2 aromatic rings. The van der Waals surface area contributed by atoms with Crippen LogP contribution in [0, 0.1) is 0 Å². The molecule has 0 spiro atoms. The van der Waals surface area contributed by atoms with Crippen molar-refractivity contribution in [3.05, 3.63) is 41.4 Å². The second-order valence-corrected chi connectivity index (χ2v) is 5.02. The van der Waals surface area contributed by atoms with Crippen molar-refractivity contribution in [1.82, 2.24) is 10.3 Å². The van der Waals surface area contributed by atoms with E-state index in [0.717, 1.165) is 10.8 Å². The molecule has 1 aromatic heterocycles. The molecule has 0 bridgehead atoms. The van der Waals surface area contributed by atoms with E-state index in [1.807, 2.05) is 44.2 Å². The van der Waals surface area contributed by atoms with Gasteiger partial charge < -0.3 is 10.6 Å². The van der Waals surface area contributed by atoms with Crippen LogP contribution in [0.25, 0.3) is 0 Å². The van der Waals surface area contributed by atoms with Gasteiger partial charge in [-0.3, -0.25) is 4.79 Å². The van der Waals surface area contributed by atoms with Gasteiger partial charge in [-0.05, 0) is 26.0 Å². The highest BCUT2D eigenvalue weighted by molar-refractivity contribution is 7.14. The molecule has 0 saturated carbocycles. The molecule has 2 rings (SSSR count). The quantitative estimate of drug-likeness (QED) is 0.889. The predicted molar refractivity (Wildman–Crippen MR) is 74.4 cm³/mol. The third kappa shape index (κ3) is 3.30. The zero-order valence-electron chi connectivity index (χ0n) is 10.3. The van der Waals surface area contributed by atoms with Gasteiger partial charge in [-0.15, -0.1) is 11.3 Å². The van der Waals surface area contributed by atoms with Crippen molar-refractivity contribution in [3.8, 4) is 0 Å². The number of nitrogens with zero attached hydrogens (tertiary/aromatic N) is 1. The van der Waals surface area contributed by atoms with E-state index in [1.165, 1.54) is 11.3 Å². The Labute approximate surface area is 110 Å². The number of carbonyl (C=O) groups is 1. The zero-order chi connectivity index (χ0) is 13.0. The van der Waals surface area contributed by atoms with E-state index < -0.39 is 0 Å². The summed E-state index contributed by atoms with van der Waals surface area (Å²) in [7, 11) is 0. The number of thiazole rings is 1. The van der Waals surface area contributed by atoms with Gasteiger partial charge in [0, 0.05) is 17.1 Å². The number of benzene rings is 1. The van der Waals surface area contributed by atoms with E-state index in [2.05, 4.69) is 15.6 Å². The third-order valence-electron chi connectivity index (χ3n) is 2.18. The number of nitrogens with one attached hydrogen (secondary N) is 2. The summed E-state index contributed by atoms with van der Waals surface area (Å²) in [5.74, 6) is -0.137. The Kier molecular flexibility index (Phi) is 3.94. The zero-order valence-corrected chi connectivity index (χ0v) is 11.1. The molecule has 0 atom stereocenters. The molecule has 0 aliphatic rings. The minimum Gasteiger partial charge on any atom is -0.349 e. The number of para-hydroxylation sites is 1. The second-order valence-electron chi connectivity index (χ2n) is 4.16. The van der Waals surface area contributed by atoms with Gasteiger partial charge in [0.25, 0.3) is 5.91 Å². The number of aromatic nitrogens is 1. The lowest BCUT2D eigenvalue weighted by atomic mass is 10.3. The van der Waals surface area contributed by atoms with Gasteiger partial charge in [-0.2, -0.15) is 0 Å². The summed E-state index contributed by atoms with van der Waals surface area (Å²) >= 11 is 1.42. The van der Waals surface area contributed by atoms with Crippen molar-refractivity contribution in [3.63, 3.8) is 0 Å². The molecule has 0 aliphatic carbocycles. The van der Waals surface area contributed by atoms with E-state index in [4.69, 9.17) is 0 Å². The van der Waals surface area contributed by atoms with E-state index in [0.29, 0.717) is 5.69 Å². The van der Waals surface area contributed by atoms with Gasteiger partial charge in [0.2, 0.25) is 0 Å². The van der Waals surface area contributed by atoms with Gasteiger partial charge in [0.15, 0.2) is 5.13 Å². The molecule has 5 heteroatoms. The van der Waals surface area contributed by atoms with Crippen molar-refractivity contribution in [1.29, 1.82) is 0 Å². The molecule has 0 radical (unpaired) electrons. The maximum Gasteiger partial charge on any atom is 0.271 e. The van der Waals surface area contributed by atoms with E-state index in [-0.39, 0.29) is 11.9 Å². The average Bonchev–Trinajstić information content (AvgIpc) is 2.78. The first kappa shape index (κ1) is 12.6. The van der Waals surface area contributed by atoms with Crippen LogP contribution in [0.5, 0.6) is 0 Å². The summed E-state index contributed by atoms with van der Waals surface area (Å²) in [6.45, 7) is 3.85. The maximum absolute atomic E-state index is 11.7. The monoisotopic (exact) mass is 261 g/mol. The fraction of sp³-hybridized carbons (Fsp3) is 0.231. The Bertz CT molecular complexity index is 522. The van der Waals surface area contributed by atoms with Crippen LogP contribution in [0.15, 0.2) is 35.7 Å². The molecule has 1 aromatic carbocycles. The van der Waals surface area contributed by atoms with Crippen molar-refractivity contribution in [2.75, 3.05) is 5.32 Å². The van der Waals surface area contributed by atoms with Crippen LogP contribution in [0.1, 0.15) is 24.3 Å².